The summed E-state index contributed by atoms with van der Waals surface area (Å²) in [6.07, 6.45) is -1.85. The molecule has 1 aliphatic rings. The van der Waals surface area contributed by atoms with Gasteiger partial charge in [0.25, 0.3) is 0 Å². The van der Waals surface area contributed by atoms with Crippen LogP contribution >= 0.6 is 0 Å². The number of benzene rings is 1. The van der Waals surface area contributed by atoms with Gasteiger partial charge in [-0.3, -0.25) is 4.79 Å². The van der Waals surface area contributed by atoms with Crippen molar-refractivity contribution in [2.24, 2.45) is 5.92 Å². The van der Waals surface area contributed by atoms with E-state index in [1.54, 1.807) is 4.90 Å². The summed E-state index contributed by atoms with van der Waals surface area (Å²) in [5.41, 5.74) is 1.15. The number of hydrogen-bond acceptors (Lipinski definition) is 4. The Hall–Kier alpha value is -3.10. The van der Waals surface area contributed by atoms with E-state index in [1.165, 1.54) is 12.3 Å². The number of amides is 1. The zero-order chi connectivity index (χ0) is 22.0. The van der Waals surface area contributed by atoms with Crippen LogP contribution in [0.25, 0.3) is 11.0 Å². The molecule has 164 valence electrons. The van der Waals surface area contributed by atoms with Gasteiger partial charge in [0.2, 0.25) is 5.91 Å². The second kappa shape index (κ2) is 8.56. The molecule has 3 heterocycles. The first-order chi connectivity index (χ1) is 14.8. The number of carbonyl (C=O) groups is 1. The van der Waals surface area contributed by atoms with E-state index in [9.17, 15) is 18.0 Å². The van der Waals surface area contributed by atoms with E-state index in [2.05, 4.69) is 15.3 Å². The van der Waals surface area contributed by atoms with Crippen LogP contribution in [0, 0.1) is 12.8 Å². The van der Waals surface area contributed by atoms with E-state index < -0.39 is 11.7 Å². The zero-order valence-corrected chi connectivity index (χ0v) is 17.2. The molecule has 1 atom stereocenters. The third-order valence-corrected chi connectivity index (χ3v) is 5.66. The molecule has 0 bridgehead atoms. The fourth-order valence-electron chi connectivity index (χ4n) is 4.17. The number of aromatic nitrogens is 3. The summed E-state index contributed by atoms with van der Waals surface area (Å²) in [6, 6.07) is 10.1. The maximum absolute atomic E-state index is 13.4. The van der Waals surface area contributed by atoms with E-state index in [4.69, 9.17) is 0 Å². The fraction of sp³-hybridized carbons (Fsp3) is 0.409. The summed E-state index contributed by atoms with van der Waals surface area (Å²) in [5, 5.41) is 2.94. The predicted octanol–water partition coefficient (Wildman–Crippen LogP) is 3.79. The Morgan fingerprint density at radius 2 is 2.03 bits per heavy atom. The van der Waals surface area contributed by atoms with Gasteiger partial charge in [0, 0.05) is 32.4 Å². The number of para-hydroxylation sites is 2. The number of piperidine rings is 1. The average molecular weight is 431 g/mol. The van der Waals surface area contributed by atoms with Crippen molar-refractivity contribution >= 4 is 22.8 Å². The molecule has 2 aromatic heterocycles. The number of aryl methyl sites for hydroxylation is 1. The number of anilines is 1. The molecule has 1 amide bonds. The van der Waals surface area contributed by atoms with Crippen molar-refractivity contribution in [2.45, 2.75) is 32.5 Å². The first-order valence-corrected chi connectivity index (χ1v) is 10.3. The number of rotatable bonds is 5. The van der Waals surface area contributed by atoms with Crippen LogP contribution in [0.15, 0.2) is 42.6 Å². The minimum Gasteiger partial charge on any atom is -0.355 e. The molecular weight excluding hydrogens is 407 g/mol. The molecule has 31 heavy (non-hydrogen) atoms. The highest BCUT2D eigenvalue weighted by Crippen LogP contribution is 2.36. The molecule has 1 N–H and O–H groups in total. The van der Waals surface area contributed by atoms with Crippen LogP contribution in [0.3, 0.4) is 0 Å². The quantitative estimate of drug-likeness (QED) is 0.668. The Morgan fingerprint density at radius 3 is 2.84 bits per heavy atom. The highest BCUT2D eigenvalue weighted by atomic mass is 19.4. The Balaban J connectivity index is 1.39. The lowest BCUT2D eigenvalue weighted by atomic mass is 9.96. The van der Waals surface area contributed by atoms with Gasteiger partial charge in [-0.25, -0.2) is 9.97 Å². The minimum atomic E-state index is -4.48. The van der Waals surface area contributed by atoms with Gasteiger partial charge in [-0.1, -0.05) is 12.1 Å². The molecule has 1 unspecified atom stereocenters. The van der Waals surface area contributed by atoms with Crippen LogP contribution in [0.1, 0.15) is 24.2 Å². The molecule has 1 fully saturated rings. The molecule has 9 heteroatoms. The number of nitrogens with zero attached hydrogens (tertiary/aromatic N) is 4. The van der Waals surface area contributed by atoms with Crippen molar-refractivity contribution in [3.05, 3.63) is 54.0 Å². The summed E-state index contributed by atoms with van der Waals surface area (Å²) in [7, 11) is 0. The van der Waals surface area contributed by atoms with Crippen molar-refractivity contribution in [1.29, 1.82) is 0 Å². The van der Waals surface area contributed by atoms with Crippen LogP contribution in [0.2, 0.25) is 0 Å². The first kappa shape index (κ1) is 21.1. The van der Waals surface area contributed by atoms with Gasteiger partial charge in [-0.2, -0.15) is 13.2 Å². The number of halogens is 3. The maximum Gasteiger partial charge on any atom is 0.419 e. The van der Waals surface area contributed by atoms with Crippen LogP contribution in [-0.2, 0) is 17.5 Å². The molecule has 0 aliphatic carbocycles. The topological polar surface area (TPSA) is 63.1 Å². The number of pyridine rings is 1. The second-order valence-electron chi connectivity index (χ2n) is 7.75. The summed E-state index contributed by atoms with van der Waals surface area (Å²) in [5.74, 6) is 0.246. The fourth-order valence-corrected chi connectivity index (χ4v) is 4.17. The standard InChI is InChI=1S/C22H24F3N5O/c1-15-28-18-8-2-3-9-19(18)30(15)13-11-27-21(31)16-6-5-12-29(14-16)20-17(22(23,24)25)7-4-10-26-20/h2-4,7-10,16H,5-6,11-14H2,1H3,(H,27,31). The molecule has 1 saturated heterocycles. The number of hydrogen-bond donors (Lipinski definition) is 1. The molecule has 1 aromatic carbocycles. The van der Waals surface area contributed by atoms with Gasteiger partial charge >= 0.3 is 6.18 Å². The van der Waals surface area contributed by atoms with Crippen molar-refractivity contribution < 1.29 is 18.0 Å². The number of alkyl halides is 3. The number of nitrogens with one attached hydrogen (secondary N) is 1. The zero-order valence-electron chi connectivity index (χ0n) is 17.2. The summed E-state index contributed by atoms with van der Waals surface area (Å²) >= 11 is 0. The van der Waals surface area contributed by atoms with E-state index >= 15 is 0 Å². The van der Waals surface area contributed by atoms with Crippen molar-refractivity contribution in [1.82, 2.24) is 19.9 Å². The molecule has 4 rings (SSSR count). The summed E-state index contributed by atoms with van der Waals surface area (Å²) < 4.78 is 42.1. The minimum absolute atomic E-state index is 0.104. The molecule has 1 aliphatic heterocycles. The smallest absolute Gasteiger partial charge is 0.355 e. The SMILES string of the molecule is Cc1nc2ccccc2n1CCNC(=O)C1CCCN(c2ncccc2C(F)(F)F)C1. The van der Waals surface area contributed by atoms with E-state index in [0.29, 0.717) is 32.5 Å². The lowest BCUT2D eigenvalue weighted by Crippen LogP contribution is -2.44. The average Bonchev–Trinajstić information content (AvgIpc) is 3.08. The second-order valence-corrected chi connectivity index (χ2v) is 7.75. The molecule has 0 saturated carbocycles. The van der Waals surface area contributed by atoms with Gasteiger partial charge in [-0.15, -0.1) is 0 Å². The maximum atomic E-state index is 13.4. The van der Waals surface area contributed by atoms with Crippen LogP contribution in [0.5, 0.6) is 0 Å². The Labute approximate surface area is 178 Å². The largest absolute Gasteiger partial charge is 0.419 e. The molecular formula is C22H24F3N5O. The monoisotopic (exact) mass is 431 g/mol. The van der Waals surface area contributed by atoms with Crippen LogP contribution in [0.4, 0.5) is 19.0 Å². The third kappa shape index (κ3) is 4.50. The van der Waals surface area contributed by atoms with Gasteiger partial charge in [-0.05, 0) is 44.0 Å². The van der Waals surface area contributed by atoms with Crippen LogP contribution in [-0.4, -0.2) is 40.1 Å². The summed E-state index contributed by atoms with van der Waals surface area (Å²) in [4.78, 5) is 22.8. The van der Waals surface area contributed by atoms with E-state index in [0.717, 1.165) is 22.9 Å². The first-order valence-electron chi connectivity index (χ1n) is 10.3. The molecule has 0 radical (unpaired) electrons. The van der Waals surface area contributed by atoms with Gasteiger partial charge in [0.1, 0.15) is 11.6 Å². The Bertz CT molecular complexity index is 1080. The van der Waals surface area contributed by atoms with Gasteiger partial charge in [0.15, 0.2) is 0 Å². The molecule has 3 aromatic rings. The molecule has 0 spiro atoms. The lowest BCUT2D eigenvalue weighted by Gasteiger charge is -2.34. The third-order valence-electron chi connectivity index (χ3n) is 5.66. The number of carbonyl (C=O) groups excluding carboxylic acids is 1. The highest BCUT2D eigenvalue weighted by molar-refractivity contribution is 5.79. The Morgan fingerprint density at radius 1 is 1.23 bits per heavy atom. The van der Waals surface area contributed by atoms with Crippen LogP contribution < -0.4 is 10.2 Å². The van der Waals surface area contributed by atoms with Crippen molar-refractivity contribution in [3.63, 3.8) is 0 Å². The summed E-state index contributed by atoms with van der Waals surface area (Å²) in [6.45, 7) is 3.59. The van der Waals surface area contributed by atoms with Crippen molar-refractivity contribution in [2.75, 3.05) is 24.5 Å². The Kier molecular flexibility index (Phi) is 5.84. The van der Waals surface area contributed by atoms with Crippen molar-refractivity contribution in [3.8, 4) is 0 Å². The highest BCUT2D eigenvalue weighted by Gasteiger charge is 2.37. The van der Waals surface area contributed by atoms with Gasteiger partial charge in [0.05, 0.1) is 22.5 Å². The number of imidazole rings is 1. The number of fused-ring (bicyclic) bond motifs is 1. The van der Waals surface area contributed by atoms with E-state index in [1.807, 2.05) is 35.8 Å². The van der Waals surface area contributed by atoms with E-state index in [-0.39, 0.29) is 24.2 Å². The van der Waals surface area contributed by atoms with Gasteiger partial charge < -0.3 is 14.8 Å². The molecule has 6 nitrogen and oxygen atoms in total. The lowest BCUT2D eigenvalue weighted by molar-refractivity contribution is -0.137. The normalized spacial score (nSPS) is 17.2. The predicted molar refractivity (Wildman–Crippen MR) is 112 cm³/mol.